The van der Waals surface area contributed by atoms with Crippen LogP contribution in [0.1, 0.15) is 48.9 Å². The van der Waals surface area contributed by atoms with Crippen LogP contribution < -0.4 is 0 Å². The maximum Gasteiger partial charge on any atom is 0.231 e. The molecule has 2 fully saturated rings. The van der Waals surface area contributed by atoms with Crippen molar-refractivity contribution in [1.82, 2.24) is 20.0 Å². The van der Waals surface area contributed by atoms with E-state index in [0.717, 1.165) is 37.4 Å². The molecule has 1 unspecified atom stereocenters. The number of aromatic amines is 1. The van der Waals surface area contributed by atoms with Crippen LogP contribution in [0.3, 0.4) is 0 Å². The van der Waals surface area contributed by atoms with Gasteiger partial charge in [0.15, 0.2) is 5.82 Å². The summed E-state index contributed by atoms with van der Waals surface area (Å²) in [6, 6.07) is 8.21. The number of hydrogen-bond acceptors (Lipinski definition) is 5. The number of para-hydroxylation sites is 1. The van der Waals surface area contributed by atoms with E-state index in [1.807, 2.05) is 23.2 Å². The molecule has 3 heterocycles. The van der Waals surface area contributed by atoms with E-state index in [-0.39, 0.29) is 11.8 Å². The molecule has 1 atom stereocenters. The van der Waals surface area contributed by atoms with Gasteiger partial charge in [0.1, 0.15) is 0 Å². The molecule has 1 aliphatic heterocycles. The van der Waals surface area contributed by atoms with Crippen LogP contribution in [0.15, 0.2) is 35.0 Å². The molecule has 158 valence electrons. The lowest BCUT2D eigenvalue weighted by Crippen LogP contribution is -2.28. The van der Waals surface area contributed by atoms with Crippen molar-refractivity contribution in [3.05, 3.63) is 47.7 Å². The number of nitrogens with one attached hydrogen (secondary N) is 1. The molecule has 3 aromatic rings. The minimum atomic E-state index is 0.135. The summed E-state index contributed by atoms with van der Waals surface area (Å²) in [4.78, 5) is 22.5. The van der Waals surface area contributed by atoms with Crippen molar-refractivity contribution < 1.29 is 14.1 Å². The van der Waals surface area contributed by atoms with Crippen LogP contribution in [0, 0.1) is 5.92 Å². The Morgan fingerprint density at radius 1 is 1.23 bits per heavy atom. The smallest absolute Gasteiger partial charge is 0.231 e. The van der Waals surface area contributed by atoms with Crippen molar-refractivity contribution in [2.45, 2.75) is 44.4 Å². The highest BCUT2D eigenvalue weighted by Crippen LogP contribution is 2.29. The van der Waals surface area contributed by atoms with Gasteiger partial charge in [0.25, 0.3) is 0 Å². The summed E-state index contributed by atoms with van der Waals surface area (Å²) >= 11 is 0. The molecule has 0 bridgehead atoms. The molecule has 0 spiro atoms. The molecule has 5 rings (SSSR count). The SMILES string of the molecule is O=C(CCc1c[nH]c2ccccc12)N1CCC(c2nc(CCOCC3CC3)no2)C1. The third-order valence-corrected chi connectivity index (χ3v) is 6.18. The molecular weight excluding hydrogens is 380 g/mol. The Kier molecular flexibility index (Phi) is 5.53. The highest BCUT2D eigenvalue weighted by molar-refractivity contribution is 5.84. The lowest BCUT2D eigenvalue weighted by atomic mass is 10.1. The third-order valence-electron chi connectivity index (χ3n) is 6.18. The number of carbonyl (C=O) groups excluding carboxylic acids is 1. The van der Waals surface area contributed by atoms with Crippen LogP contribution in [0.4, 0.5) is 0 Å². The van der Waals surface area contributed by atoms with Gasteiger partial charge in [-0.05, 0) is 43.2 Å². The summed E-state index contributed by atoms with van der Waals surface area (Å²) in [6.45, 7) is 2.90. The number of likely N-dealkylation sites (tertiary alicyclic amines) is 1. The Balaban J connectivity index is 1.09. The fourth-order valence-corrected chi connectivity index (χ4v) is 4.16. The second-order valence-corrected chi connectivity index (χ2v) is 8.50. The summed E-state index contributed by atoms with van der Waals surface area (Å²) in [5, 5.41) is 5.29. The van der Waals surface area contributed by atoms with Gasteiger partial charge in [0.2, 0.25) is 11.8 Å². The number of amides is 1. The van der Waals surface area contributed by atoms with E-state index in [0.29, 0.717) is 37.7 Å². The number of ether oxygens (including phenoxy) is 1. The van der Waals surface area contributed by atoms with E-state index in [4.69, 9.17) is 9.26 Å². The second-order valence-electron chi connectivity index (χ2n) is 8.50. The van der Waals surface area contributed by atoms with Crippen LogP contribution in [-0.4, -0.2) is 52.2 Å². The number of fused-ring (bicyclic) bond motifs is 1. The topological polar surface area (TPSA) is 84.2 Å². The molecule has 2 aromatic heterocycles. The molecule has 1 aromatic carbocycles. The monoisotopic (exact) mass is 408 g/mol. The number of carbonyl (C=O) groups is 1. The number of benzene rings is 1. The third kappa shape index (κ3) is 4.41. The zero-order chi connectivity index (χ0) is 20.3. The summed E-state index contributed by atoms with van der Waals surface area (Å²) in [5.74, 6) is 2.44. The van der Waals surface area contributed by atoms with Crippen molar-refractivity contribution in [3.63, 3.8) is 0 Å². The lowest BCUT2D eigenvalue weighted by molar-refractivity contribution is -0.130. The predicted octanol–water partition coefficient (Wildman–Crippen LogP) is 3.47. The van der Waals surface area contributed by atoms with Crippen molar-refractivity contribution in [2.24, 2.45) is 5.92 Å². The molecule has 1 saturated carbocycles. The number of hydrogen-bond donors (Lipinski definition) is 1. The zero-order valence-electron chi connectivity index (χ0n) is 17.2. The Morgan fingerprint density at radius 2 is 2.13 bits per heavy atom. The van der Waals surface area contributed by atoms with Gasteiger partial charge < -0.3 is 19.1 Å². The number of aryl methyl sites for hydroxylation is 1. The molecule has 1 amide bonds. The maximum atomic E-state index is 12.7. The van der Waals surface area contributed by atoms with Gasteiger partial charge in [0, 0.05) is 49.6 Å². The number of rotatable bonds is 9. The van der Waals surface area contributed by atoms with Crippen molar-refractivity contribution in [2.75, 3.05) is 26.3 Å². The average molecular weight is 409 g/mol. The van der Waals surface area contributed by atoms with E-state index in [1.54, 1.807) is 0 Å². The fourth-order valence-electron chi connectivity index (χ4n) is 4.16. The number of aromatic nitrogens is 3. The first kappa shape index (κ1) is 19.3. The molecule has 7 heteroatoms. The van der Waals surface area contributed by atoms with E-state index < -0.39 is 0 Å². The van der Waals surface area contributed by atoms with Crippen LogP contribution >= 0.6 is 0 Å². The van der Waals surface area contributed by atoms with Crippen LogP contribution in [0.25, 0.3) is 10.9 Å². The van der Waals surface area contributed by atoms with Gasteiger partial charge in [-0.2, -0.15) is 4.98 Å². The maximum absolute atomic E-state index is 12.7. The molecule has 30 heavy (non-hydrogen) atoms. The Bertz CT molecular complexity index is 1010. The highest BCUT2D eigenvalue weighted by Gasteiger charge is 2.31. The highest BCUT2D eigenvalue weighted by atomic mass is 16.5. The first-order chi connectivity index (χ1) is 14.8. The Hall–Kier alpha value is -2.67. The van der Waals surface area contributed by atoms with E-state index >= 15 is 0 Å². The largest absolute Gasteiger partial charge is 0.381 e. The summed E-state index contributed by atoms with van der Waals surface area (Å²) in [7, 11) is 0. The van der Waals surface area contributed by atoms with Crippen LogP contribution in [0.5, 0.6) is 0 Å². The standard InChI is InChI=1S/C23H28N4O3/c28-22(8-7-17-13-24-20-4-2-1-3-19(17)20)27-11-9-18(14-27)23-25-21(26-30-23)10-12-29-15-16-5-6-16/h1-4,13,16,18,24H,5-12,14-15H2. The van der Waals surface area contributed by atoms with Gasteiger partial charge in [-0.15, -0.1) is 0 Å². The van der Waals surface area contributed by atoms with E-state index in [9.17, 15) is 4.79 Å². The summed E-state index contributed by atoms with van der Waals surface area (Å²) < 4.78 is 11.1. The van der Waals surface area contributed by atoms with Crippen LogP contribution in [-0.2, 0) is 22.4 Å². The minimum Gasteiger partial charge on any atom is -0.381 e. The molecule has 1 N–H and O–H groups in total. The molecule has 7 nitrogen and oxygen atoms in total. The number of nitrogens with zero attached hydrogens (tertiary/aromatic N) is 3. The first-order valence-electron chi connectivity index (χ1n) is 11.0. The van der Waals surface area contributed by atoms with Gasteiger partial charge in [0.05, 0.1) is 12.5 Å². The fraction of sp³-hybridized carbons (Fsp3) is 0.522. The van der Waals surface area contributed by atoms with Gasteiger partial charge >= 0.3 is 0 Å². The summed E-state index contributed by atoms with van der Waals surface area (Å²) in [5.41, 5.74) is 2.31. The molecule has 2 aliphatic rings. The molecular formula is C23H28N4O3. The lowest BCUT2D eigenvalue weighted by Gasteiger charge is -2.15. The van der Waals surface area contributed by atoms with Crippen molar-refractivity contribution in [3.8, 4) is 0 Å². The second kappa shape index (κ2) is 8.60. The molecule has 1 saturated heterocycles. The van der Waals surface area contributed by atoms with Crippen LogP contribution in [0.2, 0.25) is 0 Å². The van der Waals surface area contributed by atoms with Crippen molar-refractivity contribution in [1.29, 1.82) is 0 Å². The number of H-pyrrole nitrogens is 1. The van der Waals surface area contributed by atoms with Gasteiger partial charge in [-0.1, -0.05) is 23.4 Å². The normalized spacial score (nSPS) is 19.1. The van der Waals surface area contributed by atoms with E-state index in [2.05, 4.69) is 27.3 Å². The summed E-state index contributed by atoms with van der Waals surface area (Å²) in [6.07, 6.45) is 7.42. The first-order valence-corrected chi connectivity index (χ1v) is 11.0. The van der Waals surface area contributed by atoms with E-state index in [1.165, 1.54) is 23.8 Å². The Morgan fingerprint density at radius 3 is 3.03 bits per heavy atom. The molecule has 0 radical (unpaired) electrons. The van der Waals surface area contributed by atoms with Gasteiger partial charge in [-0.3, -0.25) is 4.79 Å². The van der Waals surface area contributed by atoms with Gasteiger partial charge in [-0.25, -0.2) is 0 Å². The van der Waals surface area contributed by atoms with Crippen molar-refractivity contribution >= 4 is 16.8 Å². The average Bonchev–Trinajstić information content (AvgIpc) is 3.16. The zero-order valence-corrected chi connectivity index (χ0v) is 17.2. The predicted molar refractivity (Wildman–Crippen MR) is 112 cm³/mol. The quantitative estimate of drug-likeness (QED) is 0.548. The molecule has 1 aliphatic carbocycles. The minimum absolute atomic E-state index is 0.135. The Labute approximate surface area is 175 Å².